The fraction of sp³-hybridized carbons (Fsp3) is 0.450. The van der Waals surface area contributed by atoms with Gasteiger partial charge in [-0.25, -0.2) is 0 Å². The van der Waals surface area contributed by atoms with Crippen LogP contribution in [0.25, 0.3) is 0 Å². The van der Waals surface area contributed by atoms with Gasteiger partial charge in [0.1, 0.15) is 6.04 Å². The third-order valence-electron chi connectivity index (χ3n) is 5.21. The molecule has 4 amide bonds. The molecule has 0 spiro atoms. The van der Waals surface area contributed by atoms with Gasteiger partial charge < -0.3 is 20.9 Å². The Morgan fingerprint density at radius 2 is 1.82 bits per heavy atom. The average Bonchev–Trinajstić information content (AvgIpc) is 2.68. The summed E-state index contributed by atoms with van der Waals surface area (Å²) < 4.78 is 0. The third kappa shape index (κ3) is 4.32. The largest absolute Gasteiger partial charge is 0.368 e. The average molecular weight is 385 g/mol. The summed E-state index contributed by atoms with van der Waals surface area (Å²) in [5.74, 6) is -1.03. The first kappa shape index (κ1) is 19.9. The number of carbonyl (C=O) groups excluding carboxylic acids is 4. The molecule has 2 aliphatic heterocycles. The Morgan fingerprint density at radius 1 is 1.11 bits per heavy atom. The summed E-state index contributed by atoms with van der Waals surface area (Å²) in [5, 5.41) is 2.87. The van der Waals surface area contributed by atoms with E-state index in [4.69, 9.17) is 5.73 Å². The molecule has 8 nitrogen and oxygen atoms in total. The first-order valence-electron chi connectivity index (χ1n) is 9.49. The van der Waals surface area contributed by atoms with E-state index in [2.05, 4.69) is 5.32 Å². The van der Waals surface area contributed by atoms with Crippen molar-refractivity contribution in [3.8, 4) is 0 Å². The fourth-order valence-corrected chi connectivity index (χ4v) is 3.68. The van der Waals surface area contributed by atoms with Gasteiger partial charge in [0.2, 0.25) is 17.7 Å². The van der Waals surface area contributed by atoms with Gasteiger partial charge in [-0.1, -0.05) is 0 Å². The predicted molar refractivity (Wildman–Crippen MR) is 103 cm³/mol. The van der Waals surface area contributed by atoms with Crippen molar-refractivity contribution in [2.24, 2.45) is 5.73 Å². The van der Waals surface area contributed by atoms with E-state index in [1.54, 1.807) is 35.6 Å². The second-order valence-corrected chi connectivity index (χ2v) is 7.17. The molecule has 3 N–H and O–H groups in total. The number of nitrogens with one attached hydrogen (secondary N) is 1. The Hall–Kier alpha value is -2.90. The smallest absolute Gasteiger partial charge is 0.251 e. The lowest BCUT2D eigenvalue weighted by atomic mass is 9.96. The quantitative estimate of drug-likeness (QED) is 0.791. The first-order chi connectivity index (χ1) is 13.4. The number of primary amides is 1. The van der Waals surface area contributed by atoms with E-state index in [0.717, 1.165) is 18.5 Å². The molecule has 8 heteroatoms. The van der Waals surface area contributed by atoms with Crippen LogP contribution in [0.15, 0.2) is 24.3 Å². The number of likely N-dealkylation sites (tertiary alicyclic amines) is 1. The number of hydrogen-bond acceptors (Lipinski definition) is 4. The number of benzene rings is 1. The van der Waals surface area contributed by atoms with Crippen LogP contribution in [0, 0.1) is 6.42 Å². The number of carbonyl (C=O) groups is 4. The van der Waals surface area contributed by atoms with Crippen LogP contribution in [0.3, 0.4) is 0 Å². The number of piperidine rings is 2. The SMILES string of the molecule is CC(=O)N1CCC(NC(=O)c2ccc(N3CCCCC3=O)cc2)[CH]C1C(N)=O. The molecule has 1 aromatic carbocycles. The Labute approximate surface area is 164 Å². The van der Waals surface area contributed by atoms with Gasteiger partial charge in [-0.05, 0) is 43.5 Å². The maximum absolute atomic E-state index is 12.5. The molecule has 2 atom stereocenters. The number of rotatable bonds is 4. The Kier molecular flexibility index (Phi) is 5.96. The second-order valence-electron chi connectivity index (χ2n) is 7.17. The van der Waals surface area contributed by atoms with Gasteiger partial charge in [-0.2, -0.15) is 0 Å². The van der Waals surface area contributed by atoms with Crippen molar-refractivity contribution < 1.29 is 19.2 Å². The standard InChI is InChI=1S/C20H25N4O4/c1-13(25)23-11-9-15(12-17(23)19(21)27)22-20(28)14-5-7-16(8-6-14)24-10-3-2-4-18(24)26/h5-8,12,15,17H,2-4,9-11H2,1H3,(H2,21,27)(H,22,28). The molecular weight excluding hydrogens is 360 g/mol. The second kappa shape index (κ2) is 8.41. The monoisotopic (exact) mass is 385 g/mol. The highest BCUT2D eigenvalue weighted by Gasteiger charge is 2.34. The van der Waals surface area contributed by atoms with Crippen LogP contribution >= 0.6 is 0 Å². The minimum absolute atomic E-state index is 0.104. The molecule has 0 bridgehead atoms. The van der Waals surface area contributed by atoms with Crippen molar-refractivity contribution in [3.05, 3.63) is 36.2 Å². The summed E-state index contributed by atoms with van der Waals surface area (Å²) in [6, 6.07) is 5.72. The zero-order valence-corrected chi connectivity index (χ0v) is 15.9. The van der Waals surface area contributed by atoms with Crippen molar-refractivity contribution in [1.29, 1.82) is 0 Å². The molecule has 28 heavy (non-hydrogen) atoms. The molecule has 2 fully saturated rings. The van der Waals surface area contributed by atoms with E-state index in [-0.39, 0.29) is 23.8 Å². The van der Waals surface area contributed by atoms with E-state index in [1.165, 1.54) is 11.8 Å². The van der Waals surface area contributed by atoms with E-state index < -0.39 is 11.9 Å². The van der Waals surface area contributed by atoms with Crippen molar-refractivity contribution in [2.75, 3.05) is 18.0 Å². The van der Waals surface area contributed by atoms with Gasteiger partial charge in [0, 0.05) is 50.1 Å². The Balaban J connectivity index is 1.62. The van der Waals surface area contributed by atoms with Crippen molar-refractivity contribution in [1.82, 2.24) is 10.2 Å². The summed E-state index contributed by atoms with van der Waals surface area (Å²) in [6.45, 7) is 2.43. The van der Waals surface area contributed by atoms with Crippen LogP contribution in [-0.2, 0) is 14.4 Å². The van der Waals surface area contributed by atoms with Crippen LogP contribution in [-0.4, -0.2) is 53.7 Å². The molecule has 0 saturated carbocycles. The van der Waals surface area contributed by atoms with Gasteiger partial charge >= 0.3 is 0 Å². The van der Waals surface area contributed by atoms with Gasteiger partial charge in [0.05, 0.1) is 0 Å². The number of anilines is 1. The van der Waals surface area contributed by atoms with E-state index in [0.29, 0.717) is 31.5 Å². The molecule has 0 aromatic heterocycles. The number of amides is 4. The van der Waals surface area contributed by atoms with E-state index >= 15 is 0 Å². The summed E-state index contributed by atoms with van der Waals surface area (Å²) in [7, 11) is 0. The molecule has 2 unspecified atom stereocenters. The molecule has 2 heterocycles. The molecule has 2 saturated heterocycles. The number of hydrogen-bond donors (Lipinski definition) is 2. The highest BCUT2D eigenvalue weighted by atomic mass is 16.2. The van der Waals surface area contributed by atoms with Crippen LogP contribution in [0.2, 0.25) is 0 Å². The minimum atomic E-state index is -0.830. The van der Waals surface area contributed by atoms with Crippen molar-refractivity contribution in [3.63, 3.8) is 0 Å². The third-order valence-corrected chi connectivity index (χ3v) is 5.21. The minimum Gasteiger partial charge on any atom is -0.368 e. The highest BCUT2D eigenvalue weighted by molar-refractivity contribution is 5.97. The molecule has 1 aromatic rings. The van der Waals surface area contributed by atoms with E-state index in [1.807, 2.05) is 0 Å². The van der Waals surface area contributed by atoms with Crippen LogP contribution < -0.4 is 16.0 Å². The van der Waals surface area contributed by atoms with Gasteiger partial charge in [-0.15, -0.1) is 0 Å². The fourth-order valence-electron chi connectivity index (χ4n) is 3.68. The molecule has 2 aliphatic rings. The lowest BCUT2D eigenvalue weighted by molar-refractivity contribution is -0.137. The summed E-state index contributed by atoms with van der Waals surface area (Å²) in [5.41, 5.74) is 6.64. The Morgan fingerprint density at radius 3 is 2.43 bits per heavy atom. The lowest BCUT2D eigenvalue weighted by Gasteiger charge is -2.37. The van der Waals surface area contributed by atoms with Crippen molar-refractivity contribution >= 4 is 29.3 Å². The first-order valence-corrected chi connectivity index (χ1v) is 9.49. The molecule has 149 valence electrons. The highest BCUT2D eigenvalue weighted by Crippen LogP contribution is 2.22. The normalized spacial score (nSPS) is 22.7. The van der Waals surface area contributed by atoms with Crippen molar-refractivity contribution in [2.45, 2.75) is 44.7 Å². The molecular formula is C20H25N4O4. The molecule has 0 aliphatic carbocycles. The molecule has 3 rings (SSSR count). The molecule has 1 radical (unpaired) electrons. The maximum atomic E-state index is 12.5. The van der Waals surface area contributed by atoms with Crippen LogP contribution in [0.1, 0.15) is 43.0 Å². The summed E-state index contributed by atoms with van der Waals surface area (Å²) in [4.78, 5) is 51.0. The Bertz CT molecular complexity index is 777. The lowest BCUT2D eigenvalue weighted by Crippen LogP contribution is -2.56. The van der Waals surface area contributed by atoms with Gasteiger partial charge in [0.15, 0.2) is 0 Å². The zero-order chi connectivity index (χ0) is 20.3. The van der Waals surface area contributed by atoms with Gasteiger partial charge in [-0.3, -0.25) is 19.2 Å². The number of nitrogens with two attached hydrogens (primary N) is 1. The van der Waals surface area contributed by atoms with Crippen LogP contribution in [0.5, 0.6) is 0 Å². The topological polar surface area (TPSA) is 113 Å². The van der Waals surface area contributed by atoms with Gasteiger partial charge in [0.25, 0.3) is 5.91 Å². The van der Waals surface area contributed by atoms with Crippen LogP contribution in [0.4, 0.5) is 5.69 Å². The number of nitrogens with zero attached hydrogens (tertiary/aromatic N) is 2. The van der Waals surface area contributed by atoms with E-state index in [9.17, 15) is 19.2 Å². The summed E-state index contributed by atoms with van der Waals surface area (Å²) in [6.07, 6.45) is 4.56. The predicted octanol–water partition coefficient (Wildman–Crippen LogP) is 0.612. The summed E-state index contributed by atoms with van der Waals surface area (Å²) >= 11 is 0. The maximum Gasteiger partial charge on any atom is 0.251 e. The zero-order valence-electron chi connectivity index (χ0n) is 15.9.